The van der Waals surface area contributed by atoms with Gasteiger partial charge in [0, 0.05) is 6.42 Å². The Balaban J connectivity index is 5.29. The van der Waals surface area contributed by atoms with Crippen LogP contribution in [0.25, 0.3) is 0 Å². The van der Waals surface area contributed by atoms with Gasteiger partial charge in [-0.25, -0.2) is 0 Å². The first kappa shape index (κ1) is 27.6. The molecule has 0 aliphatic rings. The first-order valence-electron chi connectivity index (χ1n) is 9.19. The third-order valence-electron chi connectivity index (χ3n) is 4.04. The number of nitrogens with two attached hydrogens (primary N) is 1. The summed E-state index contributed by atoms with van der Waals surface area (Å²) in [6.45, 7) is 2.41. The zero-order valence-electron chi connectivity index (χ0n) is 17.1. The van der Waals surface area contributed by atoms with Crippen molar-refractivity contribution in [2.45, 2.75) is 63.4 Å². The van der Waals surface area contributed by atoms with Gasteiger partial charge in [0.1, 0.15) is 18.1 Å². The summed E-state index contributed by atoms with van der Waals surface area (Å²) in [4.78, 5) is 58.8. The molecule has 0 fully saturated rings. The number of carboxylic acids is 2. The fourth-order valence-corrected chi connectivity index (χ4v) is 2.70. The first-order chi connectivity index (χ1) is 13.9. The fraction of sp³-hybridized carbons (Fsp3) is 0.706. The molecule has 13 heteroatoms. The van der Waals surface area contributed by atoms with Gasteiger partial charge in [-0.15, -0.1) is 0 Å². The van der Waals surface area contributed by atoms with Gasteiger partial charge in [0.05, 0.1) is 12.1 Å². The standard InChI is InChI=1S/C17H30N4O8S/c1-8(17(28)29)19-16(27)13(9(2)22)21-15(26)11(4-5-12(23)24)20-14(25)10(18)6-7-30-3/h8-11,13,22H,4-7,18H2,1-3H3,(H,19,27)(H,20,25)(H,21,26)(H,23,24)(H,28,29). The number of aliphatic hydroxyl groups is 1. The summed E-state index contributed by atoms with van der Waals surface area (Å²) >= 11 is 1.48. The number of thioether (sulfide) groups is 1. The molecule has 0 aromatic heterocycles. The maximum absolute atomic E-state index is 12.6. The van der Waals surface area contributed by atoms with E-state index >= 15 is 0 Å². The number of rotatable bonds is 14. The number of carbonyl (C=O) groups is 5. The average Bonchev–Trinajstić information content (AvgIpc) is 2.65. The van der Waals surface area contributed by atoms with Crippen LogP contribution in [0.5, 0.6) is 0 Å². The Bertz CT molecular complexity index is 631. The third-order valence-corrected chi connectivity index (χ3v) is 4.69. The SMILES string of the molecule is CSCCC(N)C(=O)NC(CCC(=O)O)C(=O)NC(C(=O)NC(C)C(=O)O)C(C)O. The monoisotopic (exact) mass is 450 g/mol. The highest BCUT2D eigenvalue weighted by Crippen LogP contribution is 2.04. The lowest BCUT2D eigenvalue weighted by molar-refractivity contribution is -0.142. The number of hydrogen-bond acceptors (Lipinski definition) is 8. The summed E-state index contributed by atoms with van der Waals surface area (Å²) in [6.07, 6.45) is 0.0586. The molecule has 0 aliphatic carbocycles. The maximum atomic E-state index is 12.6. The van der Waals surface area contributed by atoms with Crippen molar-refractivity contribution in [1.29, 1.82) is 0 Å². The van der Waals surface area contributed by atoms with E-state index in [9.17, 15) is 29.1 Å². The van der Waals surface area contributed by atoms with Crippen LogP contribution in [-0.2, 0) is 24.0 Å². The Morgan fingerprint density at radius 2 is 1.53 bits per heavy atom. The fourth-order valence-electron chi connectivity index (χ4n) is 2.22. The predicted octanol–water partition coefficient (Wildman–Crippen LogP) is -2.13. The molecule has 0 aromatic carbocycles. The van der Waals surface area contributed by atoms with Gasteiger partial charge in [0.2, 0.25) is 17.7 Å². The summed E-state index contributed by atoms with van der Waals surface area (Å²) in [5.41, 5.74) is 5.76. The van der Waals surface area contributed by atoms with Crippen molar-refractivity contribution in [3.05, 3.63) is 0 Å². The van der Waals surface area contributed by atoms with E-state index in [0.717, 1.165) is 0 Å². The lowest BCUT2D eigenvalue weighted by atomic mass is 10.1. The Labute approximate surface area is 178 Å². The molecule has 30 heavy (non-hydrogen) atoms. The molecule has 12 nitrogen and oxygen atoms in total. The van der Waals surface area contributed by atoms with Gasteiger partial charge in [-0.05, 0) is 38.7 Å². The molecule has 0 spiro atoms. The van der Waals surface area contributed by atoms with Gasteiger partial charge >= 0.3 is 11.9 Å². The van der Waals surface area contributed by atoms with Crippen molar-refractivity contribution < 1.29 is 39.3 Å². The number of carboxylic acid groups (broad SMARTS) is 2. The minimum Gasteiger partial charge on any atom is -0.481 e. The second kappa shape index (κ2) is 13.8. The van der Waals surface area contributed by atoms with Gasteiger partial charge in [-0.1, -0.05) is 0 Å². The molecule has 0 aromatic rings. The second-order valence-electron chi connectivity index (χ2n) is 6.68. The van der Waals surface area contributed by atoms with E-state index in [1.807, 2.05) is 6.26 Å². The molecule has 0 bridgehead atoms. The Morgan fingerprint density at radius 3 is 2.00 bits per heavy atom. The molecular weight excluding hydrogens is 420 g/mol. The van der Waals surface area contributed by atoms with Gasteiger partial charge < -0.3 is 37.0 Å². The van der Waals surface area contributed by atoms with E-state index in [2.05, 4.69) is 16.0 Å². The third kappa shape index (κ3) is 10.4. The van der Waals surface area contributed by atoms with Crippen LogP contribution >= 0.6 is 11.8 Å². The summed E-state index contributed by atoms with van der Waals surface area (Å²) in [5, 5.41) is 34.3. The van der Waals surface area contributed by atoms with Crippen LogP contribution in [0.2, 0.25) is 0 Å². The molecular formula is C17H30N4O8S. The summed E-state index contributed by atoms with van der Waals surface area (Å²) in [6, 6.07) is -5.02. The molecule has 172 valence electrons. The summed E-state index contributed by atoms with van der Waals surface area (Å²) in [7, 11) is 0. The first-order valence-corrected chi connectivity index (χ1v) is 10.6. The lowest BCUT2D eigenvalue weighted by Crippen LogP contribution is -2.59. The Kier molecular flexibility index (Phi) is 12.7. The van der Waals surface area contributed by atoms with Crippen LogP contribution in [0.1, 0.15) is 33.1 Å². The molecule has 0 saturated heterocycles. The maximum Gasteiger partial charge on any atom is 0.325 e. The largest absolute Gasteiger partial charge is 0.481 e. The topological polar surface area (TPSA) is 208 Å². The number of nitrogens with one attached hydrogen (secondary N) is 3. The van der Waals surface area contributed by atoms with Crippen LogP contribution in [0, 0.1) is 0 Å². The van der Waals surface area contributed by atoms with Crippen LogP contribution < -0.4 is 21.7 Å². The van der Waals surface area contributed by atoms with Crippen LogP contribution in [0.15, 0.2) is 0 Å². The number of hydrogen-bond donors (Lipinski definition) is 7. The van der Waals surface area contributed by atoms with Crippen molar-refractivity contribution in [2.24, 2.45) is 5.73 Å². The number of aliphatic carboxylic acids is 2. The zero-order chi connectivity index (χ0) is 23.4. The molecule has 0 heterocycles. The summed E-state index contributed by atoms with van der Waals surface area (Å²) < 4.78 is 0. The minimum atomic E-state index is -1.52. The highest BCUT2D eigenvalue weighted by Gasteiger charge is 2.32. The second-order valence-corrected chi connectivity index (χ2v) is 7.66. The normalized spacial score (nSPS) is 15.8. The van der Waals surface area contributed by atoms with Gasteiger partial charge in [-0.2, -0.15) is 11.8 Å². The minimum absolute atomic E-state index is 0.276. The highest BCUT2D eigenvalue weighted by atomic mass is 32.2. The van der Waals surface area contributed by atoms with Gasteiger partial charge in [0.15, 0.2) is 0 Å². The molecule has 3 amide bonds. The molecule has 0 saturated carbocycles. The quantitative estimate of drug-likeness (QED) is 0.153. The average molecular weight is 451 g/mol. The van der Waals surface area contributed by atoms with Crippen molar-refractivity contribution in [3.63, 3.8) is 0 Å². The Morgan fingerprint density at radius 1 is 0.933 bits per heavy atom. The number of amides is 3. The van der Waals surface area contributed by atoms with Crippen molar-refractivity contribution in [2.75, 3.05) is 12.0 Å². The van der Waals surface area contributed by atoms with E-state index in [0.29, 0.717) is 12.2 Å². The van der Waals surface area contributed by atoms with Crippen molar-refractivity contribution >= 4 is 41.4 Å². The predicted molar refractivity (Wildman–Crippen MR) is 109 cm³/mol. The van der Waals surface area contributed by atoms with Crippen LogP contribution in [-0.4, -0.2) is 87.3 Å². The van der Waals surface area contributed by atoms with E-state index in [1.54, 1.807) is 0 Å². The molecule has 8 N–H and O–H groups in total. The van der Waals surface area contributed by atoms with Crippen LogP contribution in [0.4, 0.5) is 0 Å². The molecule has 0 radical (unpaired) electrons. The molecule has 0 aliphatic heterocycles. The number of carbonyl (C=O) groups excluding carboxylic acids is 3. The van der Waals surface area contributed by atoms with Crippen LogP contribution in [0.3, 0.4) is 0 Å². The van der Waals surface area contributed by atoms with Gasteiger partial charge in [-0.3, -0.25) is 24.0 Å². The molecule has 5 atom stereocenters. The van der Waals surface area contributed by atoms with Crippen molar-refractivity contribution in [3.8, 4) is 0 Å². The summed E-state index contributed by atoms with van der Waals surface area (Å²) in [5.74, 6) is -4.43. The van der Waals surface area contributed by atoms with E-state index in [-0.39, 0.29) is 6.42 Å². The smallest absolute Gasteiger partial charge is 0.325 e. The zero-order valence-corrected chi connectivity index (χ0v) is 17.9. The highest BCUT2D eigenvalue weighted by molar-refractivity contribution is 7.98. The number of aliphatic hydroxyl groups excluding tert-OH is 1. The lowest BCUT2D eigenvalue weighted by Gasteiger charge is -2.25. The molecule has 0 rings (SSSR count). The van der Waals surface area contributed by atoms with Crippen molar-refractivity contribution in [1.82, 2.24) is 16.0 Å². The van der Waals surface area contributed by atoms with Gasteiger partial charge in [0.25, 0.3) is 0 Å². The Hall–Kier alpha value is -2.38. The van der Waals surface area contributed by atoms with E-state index in [4.69, 9.17) is 15.9 Å². The van der Waals surface area contributed by atoms with E-state index in [1.165, 1.54) is 25.6 Å². The molecule has 5 unspecified atom stereocenters. The van der Waals surface area contributed by atoms with E-state index < -0.39 is 66.4 Å².